The van der Waals surface area contributed by atoms with Gasteiger partial charge in [-0.1, -0.05) is 0 Å². The Bertz CT molecular complexity index is 947. The normalized spacial score (nSPS) is 10.5. The van der Waals surface area contributed by atoms with E-state index < -0.39 is 0 Å². The molecular formula is C17H14N2O4. The lowest BCUT2D eigenvalue weighted by Gasteiger charge is -2.10. The third-order valence-corrected chi connectivity index (χ3v) is 3.58. The Kier molecular flexibility index (Phi) is 3.80. The molecule has 23 heavy (non-hydrogen) atoms. The molecule has 3 rings (SSSR count). The minimum absolute atomic E-state index is 0.240. The van der Waals surface area contributed by atoms with Crippen LogP contribution in [0.4, 0.5) is 0 Å². The Morgan fingerprint density at radius 3 is 2.61 bits per heavy atom. The summed E-state index contributed by atoms with van der Waals surface area (Å²) in [6.45, 7) is 0. The molecule has 2 aromatic carbocycles. The number of aromatic nitrogens is 2. The second-order valence-electron chi connectivity index (χ2n) is 4.85. The van der Waals surface area contributed by atoms with Gasteiger partial charge in [0.1, 0.15) is 17.8 Å². The summed E-state index contributed by atoms with van der Waals surface area (Å²) in [5, 5.41) is 0.440. The van der Waals surface area contributed by atoms with Crippen LogP contribution in [0.2, 0.25) is 0 Å². The van der Waals surface area contributed by atoms with E-state index in [1.807, 2.05) is 0 Å². The summed E-state index contributed by atoms with van der Waals surface area (Å²) in [6, 6.07) is 10.0. The minimum Gasteiger partial charge on any atom is -0.497 e. The molecule has 0 unspecified atom stereocenters. The third kappa shape index (κ3) is 2.55. The van der Waals surface area contributed by atoms with Gasteiger partial charge in [0, 0.05) is 0 Å². The molecule has 0 fully saturated rings. The molecule has 0 radical (unpaired) electrons. The lowest BCUT2D eigenvalue weighted by molar-refractivity contribution is 0.112. The van der Waals surface area contributed by atoms with Crippen LogP contribution >= 0.6 is 0 Å². The van der Waals surface area contributed by atoms with Crippen LogP contribution in [0.25, 0.3) is 16.6 Å². The van der Waals surface area contributed by atoms with Gasteiger partial charge in [0.25, 0.3) is 5.56 Å². The number of aldehydes is 1. The second kappa shape index (κ2) is 5.92. The van der Waals surface area contributed by atoms with Crippen molar-refractivity contribution in [3.8, 4) is 17.2 Å². The molecule has 0 spiro atoms. The number of benzene rings is 2. The van der Waals surface area contributed by atoms with E-state index in [9.17, 15) is 9.59 Å². The standard InChI is InChI=1S/C17H14N2O4/c1-22-13-4-5-15-14(8-13)17(21)19(10-18-15)12-3-6-16(23-2)11(7-12)9-20/h3-10H,1-2H3. The zero-order valence-electron chi connectivity index (χ0n) is 12.6. The highest BCUT2D eigenvalue weighted by molar-refractivity contribution is 5.81. The largest absolute Gasteiger partial charge is 0.497 e. The van der Waals surface area contributed by atoms with Crippen molar-refractivity contribution in [1.82, 2.24) is 9.55 Å². The van der Waals surface area contributed by atoms with E-state index in [1.165, 1.54) is 25.1 Å². The molecule has 3 aromatic rings. The molecule has 0 bridgehead atoms. The Morgan fingerprint density at radius 1 is 1.09 bits per heavy atom. The number of hydrogen-bond acceptors (Lipinski definition) is 5. The molecule has 1 aromatic heterocycles. The van der Waals surface area contributed by atoms with Crippen LogP contribution in [0.5, 0.6) is 11.5 Å². The van der Waals surface area contributed by atoms with Gasteiger partial charge in [-0.3, -0.25) is 14.2 Å². The first-order valence-corrected chi connectivity index (χ1v) is 6.87. The highest BCUT2D eigenvalue weighted by Gasteiger charge is 2.09. The first kappa shape index (κ1) is 14.8. The fraction of sp³-hybridized carbons (Fsp3) is 0.118. The highest BCUT2D eigenvalue weighted by atomic mass is 16.5. The number of rotatable bonds is 4. The van der Waals surface area contributed by atoms with Crippen molar-refractivity contribution in [3.05, 3.63) is 58.6 Å². The van der Waals surface area contributed by atoms with Gasteiger partial charge in [-0.05, 0) is 36.4 Å². The zero-order chi connectivity index (χ0) is 16.4. The van der Waals surface area contributed by atoms with Crippen molar-refractivity contribution in [1.29, 1.82) is 0 Å². The predicted octanol–water partition coefficient (Wildman–Crippen LogP) is 2.22. The molecule has 0 aliphatic carbocycles. The Hall–Kier alpha value is -3.15. The lowest BCUT2D eigenvalue weighted by atomic mass is 10.2. The molecule has 0 amide bonds. The molecule has 0 saturated carbocycles. The van der Waals surface area contributed by atoms with Gasteiger partial charge in [-0.15, -0.1) is 0 Å². The van der Waals surface area contributed by atoms with Crippen LogP contribution in [-0.2, 0) is 0 Å². The quantitative estimate of drug-likeness (QED) is 0.691. The number of nitrogens with zero attached hydrogens (tertiary/aromatic N) is 2. The van der Waals surface area contributed by atoms with E-state index in [-0.39, 0.29) is 5.56 Å². The van der Waals surface area contributed by atoms with Gasteiger partial charge < -0.3 is 9.47 Å². The van der Waals surface area contributed by atoms with Crippen molar-refractivity contribution in [2.75, 3.05) is 14.2 Å². The predicted molar refractivity (Wildman–Crippen MR) is 85.8 cm³/mol. The van der Waals surface area contributed by atoms with Crippen LogP contribution in [0.1, 0.15) is 10.4 Å². The number of methoxy groups -OCH3 is 2. The first-order valence-electron chi connectivity index (χ1n) is 6.87. The summed E-state index contributed by atoms with van der Waals surface area (Å²) in [5.74, 6) is 1.03. The summed E-state index contributed by atoms with van der Waals surface area (Å²) in [5.41, 5.74) is 1.24. The van der Waals surface area contributed by atoms with Gasteiger partial charge >= 0.3 is 0 Å². The Morgan fingerprint density at radius 2 is 1.91 bits per heavy atom. The lowest BCUT2D eigenvalue weighted by Crippen LogP contribution is -2.19. The van der Waals surface area contributed by atoms with Gasteiger partial charge in [0.05, 0.1) is 36.4 Å². The molecule has 0 aliphatic rings. The fourth-order valence-corrected chi connectivity index (χ4v) is 2.38. The second-order valence-corrected chi connectivity index (χ2v) is 4.85. The smallest absolute Gasteiger partial charge is 0.265 e. The van der Waals surface area contributed by atoms with Crippen molar-refractivity contribution in [2.45, 2.75) is 0 Å². The van der Waals surface area contributed by atoms with E-state index in [4.69, 9.17) is 9.47 Å². The molecule has 0 N–H and O–H groups in total. The molecule has 6 nitrogen and oxygen atoms in total. The van der Waals surface area contributed by atoms with E-state index >= 15 is 0 Å². The van der Waals surface area contributed by atoms with Gasteiger partial charge in [0.15, 0.2) is 6.29 Å². The maximum Gasteiger partial charge on any atom is 0.265 e. The molecule has 0 saturated heterocycles. The summed E-state index contributed by atoms with van der Waals surface area (Å²) < 4.78 is 11.6. The Balaban J connectivity index is 2.22. The van der Waals surface area contributed by atoms with Crippen molar-refractivity contribution < 1.29 is 14.3 Å². The number of hydrogen-bond donors (Lipinski definition) is 0. The highest BCUT2D eigenvalue weighted by Crippen LogP contribution is 2.21. The summed E-state index contributed by atoms with van der Waals surface area (Å²) in [6.07, 6.45) is 2.12. The van der Waals surface area contributed by atoms with Crippen molar-refractivity contribution >= 4 is 17.2 Å². The zero-order valence-corrected chi connectivity index (χ0v) is 12.6. The van der Waals surface area contributed by atoms with Crippen LogP contribution in [0, 0.1) is 0 Å². The van der Waals surface area contributed by atoms with Crippen LogP contribution in [0.15, 0.2) is 47.5 Å². The van der Waals surface area contributed by atoms with Crippen molar-refractivity contribution in [3.63, 3.8) is 0 Å². The number of ether oxygens (including phenoxy) is 2. The maximum absolute atomic E-state index is 12.7. The SMILES string of the molecule is COc1ccc2ncn(-c3ccc(OC)c(C=O)c3)c(=O)c2c1. The number of fused-ring (bicyclic) bond motifs is 1. The third-order valence-electron chi connectivity index (χ3n) is 3.58. The van der Waals surface area contributed by atoms with Gasteiger partial charge in [-0.2, -0.15) is 0 Å². The fourth-order valence-electron chi connectivity index (χ4n) is 2.38. The van der Waals surface area contributed by atoms with E-state index in [0.717, 1.165) is 0 Å². The maximum atomic E-state index is 12.7. The molecule has 0 atom stereocenters. The Labute approximate surface area is 131 Å². The summed E-state index contributed by atoms with van der Waals surface area (Å²) in [7, 11) is 3.02. The van der Waals surface area contributed by atoms with E-state index in [0.29, 0.717) is 39.9 Å². The summed E-state index contributed by atoms with van der Waals surface area (Å²) >= 11 is 0. The average Bonchev–Trinajstić information content (AvgIpc) is 2.61. The number of carbonyl (C=O) groups excluding carboxylic acids is 1. The van der Waals surface area contributed by atoms with Gasteiger partial charge in [0.2, 0.25) is 0 Å². The molecule has 1 heterocycles. The monoisotopic (exact) mass is 310 g/mol. The van der Waals surface area contributed by atoms with Crippen molar-refractivity contribution in [2.24, 2.45) is 0 Å². The molecule has 6 heteroatoms. The van der Waals surface area contributed by atoms with Crippen LogP contribution in [-0.4, -0.2) is 30.1 Å². The van der Waals surface area contributed by atoms with Gasteiger partial charge in [-0.25, -0.2) is 4.98 Å². The molecular weight excluding hydrogens is 296 g/mol. The van der Waals surface area contributed by atoms with Crippen LogP contribution in [0.3, 0.4) is 0 Å². The molecule has 0 aliphatic heterocycles. The molecule has 116 valence electrons. The first-order chi connectivity index (χ1) is 11.2. The van der Waals surface area contributed by atoms with E-state index in [2.05, 4.69) is 4.98 Å². The summed E-state index contributed by atoms with van der Waals surface area (Å²) in [4.78, 5) is 28.1. The number of carbonyl (C=O) groups is 1. The average molecular weight is 310 g/mol. The van der Waals surface area contributed by atoms with E-state index in [1.54, 1.807) is 36.4 Å². The topological polar surface area (TPSA) is 70.4 Å². The minimum atomic E-state index is -0.240. The van der Waals surface area contributed by atoms with Crippen LogP contribution < -0.4 is 15.0 Å².